The number of nitro groups is 1. The van der Waals surface area contributed by atoms with E-state index >= 15 is 0 Å². The number of hydrogen-bond donors (Lipinski definition) is 1. The summed E-state index contributed by atoms with van der Waals surface area (Å²) in [6.45, 7) is 0. The summed E-state index contributed by atoms with van der Waals surface area (Å²) in [5.74, 6) is 0.896. The van der Waals surface area contributed by atoms with E-state index in [-0.39, 0.29) is 5.69 Å². The van der Waals surface area contributed by atoms with Crippen LogP contribution >= 0.6 is 0 Å². The zero-order chi connectivity index (χ0) is 19.1. The van der Waals surface area contributed by atoms with Crippen molar-refractivity contribution in [1.29, 1.82) is 0 Å². The zero-order valence-corrected chi connectivity index (χ0v) is 14.5. The first kappa shape index (κ1) is 18.8. The smallest absolute Gasteiger partial charge is 0.271 e. The van der Waals surface area contributed by atoms with Crippen LogP contribution in [0.1, 0.15) is 5.56 Å². The molecule has 0 bridgehead atoms. The summed E-state index contributed by atoms with van der Waals surface area (Å²) < 4.78 is 15.8. The highest BCUT2D eigenvalue weighted by atomic mass is 16.6. The number of nitro benzene ring substituents is 1. The molecule has 26 heavy (non-hydrogen) atoms. The minimum Gasteiger partial charge on any atom is -0.493 e. The van der Waals surface area contributed by atoms with Crippen LogP contribution in [0.5, 0.6) is 17.2 Å². The minimum absolute atomic E-state index is 0.103. The lowest BCUT2D eigenvalue weighted by atomic mass is 10.1. The summed E-state index contributed by atoms with van der Waals surface area (Å²) in [4.78, 5) is 22.3. The van der Waals surface area contributed by atoms with Gasteiger partial charge in [0.15, 0.2) is 11.5 Å². The normalized spacial score (nSPS) is 10.4. The third-order valence-corrected chi connectivity index (χ3v) is 3.47. The highest BCUT2D eigenvalue weighted by Gasteiger charge is 2.14. The zero-order valence-electron chi connectivity index (χ0n) is 14.5. The Hall–Kier alpha value is -3.55. The molecule has 0 unspecified atom stereocenters. The van der Waals surface area contributed by atoms with Gasteiger partial charge in [0.1, 0.15) is 0 Å². The third kappa shape index (κ3) is 4.29. The van der Waals surface area contributed by atoms with Gasteiger partial charge in [0, 0.05) is 29.5 Å². The maximum absolute atomic E-state index is 12.1. The van der Waals surface area contributed by atoms with Crippen molar-refractivity contribution in [3.05, 3.63) is 58.2 Å². The van der Waals surface area contributed by atoms with Crippen LogP contribution in [-0.4, -0.2) is 32.2 Å². The summed E-state index contributed by atoms with van der Waals surface area (Å²) in [6.07, 6.45) is 2.84. The fourth-order valence-electron chi connectivity index (χ4n) is 2.30. The molecule has 0 fully saturated rings. The van der Waals surface area contributed by atoms with Gasteiger partial charge in [0.25, 0.3) is 5.69 Å². The van der Waals surface area contributed by atoms with Gasteiger partial charge in [-0.2, -0.15) is 0 Å². The van der Waals surface area contributed by atoms with Gasteiger partial charge in [0.2, 0.25) is 11.7 Å². The monoisotopic (exact) mass is 358 g/mol. The molecule has 0 spiro atoms. The second-order valence-electron chi connectivity index (χ2n) is 5.05. The van der Waals surface area contributed by atoms with Crippen LogP contribution in [-0.2, 0) is 4.79 Å². The predicted octanol–water partition coefficient (Wildman–Crippen LogP) is 3.27. The Balaban J connectivity index is 2.20. The van der Waals surface area contributed by atoms with Crippen LogP contribution in [0.4, 0.5) is 11.4 Å². The largest absolute Gasteiger partial charge is 0.493 e. The van der Waals surface area contributed by atoms with Gasteiger partial charge in [0.05, 0.1) is 26.3 Å². The molecule has 0 heterocycles. The molecule has 2 aromatic carbocycles. The molecule has 1 amide bonds. The van der Waals surface area contributed by atoms with Gasteiger partial charge >= 0.3 is 0 Å². The quantitative estimate of drug-likeness (QED) is 0.463. The van der Waals surface area contributed by atoms with E-state index in [0.717, 1.165) is 0 Å². The number of nitrogens with one attached hydrogen (secondary N) is 1. The molecule has 136 valence electrons. The Labute approximate surface area is 150 Å². The second-order valence-corrected chi connectivity index (χ2v) is 5.05. The van der Waals surface area contributed by atoms with Crippen LogP contribution in [0.25, 0.3) is 6.08 Å². The van der Waals surface area contributed by atoms with E-state index in [1.54, 1.807) is 24.3 Å². The van der Waals surface area contributed by atoms with Crippen LogP contribution in [0.3, 0.4) is 0 Å². The first-order valence-corrected chi connectivity index (χ1v) is 7.52. The lowest BCUT2D eigenvalue weighted by Crippen LogP contribution is -2.08. The van der Waals surface area contributed by atoms with Crippen molar-refractivity contribution in [2.45, 2.75) is 0 Å². The molecular weight excluding hydrogens is 340 g/mol. The number of rotatable bonds is 7. The first-order valence-electron chi connectivity index (χ1n) is 7.52. The molecule has 0 saturated carbocycles. The Morgan fingerprint density at radius 1 is 1.08 bits per heavy atom. The minimum atomic E-state index is -0.528. The van der Waals surface area contributed by atoms with E-state index in [1.807, 2.05) is 0 Å². The SMILES string of the molecule is COc1ccc(/C=C/C(=O)Nc2cccc([N+](=O)[O-])c2)c(OC)c1OC. The van der Waals surface area contributed by atoms with E-state index in [4.69, 9.17) is 14.2 Å². The van der Waals surface area contributed by atoms with Gasteiger partial charge in [-0.3, -0.25) is 14.9 Å². The third-order valence-electron chi connectivity index (χ3n) is 3.47. The summed E-state index contributed by atoms with van der Waals surface area (Å²) in [7, 11) is 4.49. The van der Waals surface area contributed by atoms with Crippen molar-refractivity contribution < 1.29 is 23.9 Å². The van der Waals surface area contributed by atoms with Gasteiger partial charge in [-0.1, -0.05) is 6.07 Å². The molecular formula is C18H18N2O6. The highest BCUT2D eigenvalue weighted by molar-refractivity contribution is 6.02. The average Bonchev–Trinajstić information content (AvgIpc) is 2.65. The molecule has 0 saturated heterocycles. The van der Waals surface area contributed by atoms with E-state index in [2.05, 4.69) is 5.32 Å². The number of hydrogen-bond acceptors (Lipinski definition) is 6. The van der Waals surface area contributed by atoms with Crippen molar-refractivity contribution in [2.24, 2.45) is 0 Å². The predicted molar refractivity (Wildman–Crippen MR) is 96.9 cm³/mol. The molecule has 2 rings (SSSR count). The van der Waals surface area contributed by atoms with E-state index < -0.39 is 10.8 Å². The van der Waals surface area contributed by atoms with Crippen LogP contribution in [0.15, 0.2) is 42.5 Å². The average molecular weight is 358 g/mol. The Morgan fingerprint density at radius 2 is 1.81 bits per heavy atom. The number of nitrogens with zero attached hydrogens (tertiary/aromatic N) is 1. The molecule has 0 radical (unpaired) electrons. The van der Waals surface area contributed by atoms with Gasteiger partial charge in [-0.15, -0.1) is 0 Å². The molecule has 8 nitrogen and oxygen atoms in total. The molecule has 0 aliphatic carbocycles. The highest BCUT2D eigenvalue weighted by Crippen LogP contribution is 2.40. The number of methoxy groups -OCH3 is 3. The van der Waals surface area contributed by atoms with E-state index in [0.29, 0.717) is 28.5 Å². The van der Waals surface area contributed by atoms with Crippen LogP contribution in [0.2, 0.25) is 0 Å². The number of anilines is 1. The van der Waals surface area contributed by atoms with Crippen molar-refractivity contribution in [3.8, 4) is 17.2 Å². The van der Waals surface area contributed by atoms with Gasteiger partial charge in [-0.05, 0) is 24.3 Å². The standard InChI is InChI=1S/C18H18N2O6/c1-24-15-9-7-12(17(25-2)18(15)26-3)8-10-16(21)19-13-5-4-6-14(11-13)20(22)23/h4-11H,1-3H3,(H,19,21)/b10-8+. The second kappa shape index (κ2) is 8.52. The van der Waals surface area contributed by atoms with E-state index in [1.165, 1.54) is 45.6 Å². The van der Waals surface area contributed by atoms with Crippen molar-refractivity contribution in [2.75, 3.05) is 26.6 Å². The summed E-state index contributed by atoms with van der Waals surface area (Å²) in [5, 5.41) is 13.3. The summed E-state index contributed by atoms with van der Waals surface area (Å²) >= 11 is 0. The molecule has 8 heteroatoms. The number of non-ortho nitro benzene ring substituents is 1. The number of ether oxygens (including phenoxy) is 3. The number of benzene rings is 2. The van der Waals surface area contributed by atoms with Crippen LogP contribution < -0.4 is 19.5 Å². The fraction of sp³-hybridized carbons (Fsp3) is 0.167. The Bertz CT molecular complexity index is 848. The molecule has 2 aromatic rings. The first-order chi connectivity index (χ1) is 12.5. The lowest BCUT2D eigenvalue weighted by molar-refractivity contribution is -0.384. The summed E-state index contributed by atoms with van der Waals surface area (Å²) in [5.41, 5.74) is 0.834. The van der Waals surface area contributed by atoms with Crippen LogP contribution in [0, 0.1) is 10.1 Å². The number of carbonyl (C=O) groups excluding carboxylic acids is 1. The van der Waals surface area contributed by atoms with E-state index in [9.17, 15) is 14.9 Å². The molecule has 0 atom stereocenters. The number of amides is 1. The summed E-state index contributed by atoms with van der Waals surface area (Å²) in [6, 6.07) is 9.10. The molecule has 0 aliphatic rings. The topological polar surface area (TPSA) is 99.9 Å². The maximum Gasteiger partial charge on any atom is 0.271 e. The molecule has 0 aliphatic heterocycles. The lowest BCUT2D eigenvalue weighted by Gasteiger charge is -2.13. The number of carbonyl (C=O) groups is 1. The van der Waals surface area contributed by atoms with Gasteiger partial charge in [-0.25, -0.2) is 0 Å². The maximum atomic E-state index is 12.1. The van der Waals surface area contributed by atoms with Crippen molar-refractivity contribution in [1.82, 2.24) is 0 Å². The molecule has 1 N–H and O–H groups in total. The van der Waals surface area contributed by atoms with Crippen molar-refractivity contribution >= 4 is 23.4 Å². The molecule has 0 aromatic heterocycles. The fourth-order valence-corrected chi connectivity index (χ4v) is 2.30. The van der Waals surface area contributed by atoms with Crippen molar-refractivity contribution in [3.63, 3.8) is 0 Å². The Morgan fingerprint density at radius 3 is 2.42 bits per heavy atom. The van der Waals surface area contributed by atoms with Gasteiger partial charge < -0.3 is 19.5 Å². The Kier molecular flexibility index (Phi) is 6.15.